The van der Waals surface area contributed by atoms with E-state index in [0.717, 1.165) is 23.2 Å². The van der Waals surface area contributed by atoms with Crippen LogP contribution >= 0.6 is 0 Å². The number of nitrogens with two attached hydrogens (primary N) is 1. The molecule has 1 amide bonds. The van der Waals surface area contributed by atoms with Crippen molar-refractivity contribution in [1.82, 2.24) is 20.2 Å². The SMILES string of the molecule is CCC1NC(=O)c2cc(cc(-c3cnc(NC(C)C)c(=O)n3CCNCc3ccc(CN)c(O)c3)c2)N1. The van der Waals surface area contributed by atoms with E-state index in [9.17, 15) is 14.7 Å². The molecule has 1 unspecified atom stereocenters. The van der Waals surface area contributed by atoms with Gasteiger partial charge in [-0.3, -0.25) is 9.59 Å². The van der Waals surface area contributed by atoms with Crippen LogP contribution < -0.4 is 32.6 Å². The summed E-state index contributed by atoms with van der Waals surface area (Å²) in [6.45, 7) is 7.58. The third kappa shape index (κ3) is 6.10. The lowest BCUT2D eigenvalue weighted by molar-refractivity contribution is 0.0942. The molecular formula is C27H35N7O3. The number of aromatic nitrogens is 2. The summed E-state index contributed by atoms with van der Waals surface area (Å²) in [7, 11) is 0. The van der Waals surface area contributed by atoms with E-state index in [-0.39, 0.29) is 41.8 Å². The van der Waals surface area contributed by atoms with Crippen molar-refractivity contribution in [1.29, 1.82) is 0 Å². The van der Waals surface area contributed by atoms with E-state index in [1.807, 2.05) is 45.0 Å². The maximum Gasteiger partial charge on any atom is 0.293 e. The standard InChI is InChI=1S/C27H35N7O3/c1-4-24-32-21-11-19(10-20(12-21)26(36)33-24)22-15-30-25(31-16(2)3)27(37)34(22)8-7-29-14-17-5-6-18(13-28)23(35)9-17/h5-6,9-12,15-16,24,29,32,35H,4,7-8,13-14,28H2,1-3H3,(H,30,31)(H,33,36). The Labute approximate surface area is 216 Å². The number of phenolic OH excluding ortho intramolecular Hbond substituents is 1. The summed E-state index contributed by atoms with van der Waals surface area (Å²) in [4.78, 5) is 30.5. The first-order valence-corrected chi connectivity index (χ1v) is 12.6. The fraction of sp³-hybridized carbons (Fsp3) is 0.370. The molecule has 196 valence electrons. The smallest absolute Gasteiger partial charge is 0.293 e. The van der Waals surface area contributed by atoms with Gasteiger partial charge in [0.2, 0.25) is 0 Å². The van der Waals surface area contributed by atoms with Crippen LogP contribution in [-0.4, -0.2) is 39.3 Å². The predicted octanol–water partition coefficient (Wildman–Crippen LogP) is 2.58. The molecule has 4 rings (SSSR count). The molecule has 2 aromatic carbocycles. The fourth-order valence-electron chi connectivity index (χ4n) is 4.30. The van der Waals surface area contributed by atoms with E-state index in [4.69, 9.17) is 5.73 Å². The molecule has 0 saturated heterocycles. The number of aromatic hydroxyl groups is 1. The second-order valence-electron chi connectivity index (χ2n) is 9.47. The summed E-state index contributed by atoms with van der Waals surface area (Å²) in [5.41, 5.74) is 9.69. The molecule has 3 aromatic rings. The van der Waals surface area contributed by atoms with E-state index >= 15 is 0 Å². The minimum atomic E-state index is -0.233. The van der Waals surface area contributed by atoms with Gasteiger partial charge >= 0.3 is 0 Å². The van der Waals surface area contributed by atoms with Gasteiger partial charge in [0.1, 0.15) is 5.75 Å². The molecule has 0 radical (unpaired) electrons. The zero-order valence-electron chi connectivity index (χ0n) is 21.5. The molecule has 0 saturated carbocycles. The highest BCUT2D eigenvalue weighted by Crippen LogP contribution is 2.27. The topological polar surface area (TPSA) is 146 Å². The molecular weight excluding hydrogens is 470 g/mol. The monoisotopic (exact) mass is 505 g/mol. The van der Waals surface area contributed by atoms with E-state index < -0.39 is 0 Å². The summed E-state index contributed by atoms with van der Waals surface area (Å²) in [5.74, 6) is 0.295. The third-order valence-corrected chi connectivity index (χ3v) is 6.24. The van der Waals surface area contributed by atoms with Crippen molar-refractivity contribution in [3.8, 4) is 17.0 Å². The molecule has 1 atom stereocenters. The summed E-state index contributed by atoms with van der Waals surface area (Å²) in [6.07, 6.45) is 2.24. The highest BCUT2D eigenvalue weighted by Gasteiger charge is 2.20. The number of phenols is 1. The predicted molar refractivity (Wildman–Crippen MR) is 146 cm³/mol. The number of amides is 1. The number of benzene rings is 2. The van der Waals surface area contributed by atoms with Crippen molar-refractivity contribution >= 4 is 17.4 Å². The molecule has 0 fully saturated rings. The number of fused-ring (bicyclic) bond motifs is 2. The Morgan fingerprint density at radius 2 is 1.92 bits per heavy atom. The van der Waals surface area contributed by atoms with Gasteiger partial charge in [-0.15, -0.1) is 0 Å². The van der Waals surface area contributed by atoms with Gasteiger partial charge in [-0.05, 0) is 50.1 Å². The molecule has 10 nitrogen and oxygen atoms in total. The maximum absolute atomic E-state index is 13.4. The number of hydrogen-bond acceptors (Lipinski definition) is 8. The van der Waals surface area contributed by atoms with Gasteiger partial charge < -0.3 is 36.7 Å². The minimum absolute atomic E-state index is 0.0460. The largest absolute Gasteiger partial charge is 0.508 e. The van der Waals surface area contributed by atoms with Crippen molar-refractivity contribution in [3.05, 3.63) is 69.6 Å². The van der Waals surface area contributed by atoms with Crippen LogP contribution in [0.2, 0.25) is 0 Å². The van der Waals surface area contributed by atoms with Crippen molar-refractivity contribution in [2.45, 2.75) is 59.0 Å². The average Bonchev–Trinajstić information content (AvgIpc) is 2.98. The quantitative estimate of drug-likeness (QED) is 0.231. The van der Waals surface area contributed by atoms with E-state index in [1.54, 1.807) is 22.9 Å². The first-order chi connectivity index (χ1) is 17.8. The highest BCUT2D eigenvalue weighted by molar-refractivity contribution is 5.97. The van der Waals surface area contributed by atoms with Crippen molar-refractivity contribution in [2.75, 3.05) is 17.2 Å². The molecule has 0 aliphatic carbocycles. The van der Waals surface area contributed by atoms with E-state index in [2.05, 4.69) is 26.3 Å². The van der Waals surface area contributed by atoms with Crippen LogP contribution in [0, 0.1) is 0 Å². The van der Waals surface area contributed by atoms with Gasteiger partial charge in [0.05, 0.1) is 18.1 Å². The summed E-state index contributed by atoms with van der Waals surface area (Å²) >= 11 is 0. The van der Waals surface area contributed by atoms with E-state index in [1.165, 1.54) is 0 Å². The lowest BCUT2D eigenvalue weighted by Gasteiger charge is -2.18. The molecule has 7 N–H and O–H groups in total. The number of anilines is 2. The molecule has 1 aliphatic heterocycles. The van der Waals surface area contributed by atoms with Gasteiger partial charge in [0.15, 0.2) is 5.82 Å². The van der Waals surface area contributed by atoms with Crippen LogP contribution in [0.15, 0.2) is 47.4 Å². The zero-order chi connectivity index (χ0) is 26.5. The Balaban J connectivity index is 1.61. The van der Waals surface area contributed by atoms with Crippen LogP contribution in [0.1, 0.15) is 48.7 Å². The number of nitrogens with one attached hydrogen (secondary N) is 4. The number of hydrogen-bond donors (Lipinski definition) is 6. The van der Waals surface area contributed by atoms with Crippen molar-refractivity contribution < 1.29 is 9.90 Å². The Hall–Kier alpha value is -3.89. The van der Waals surface area contributed by atoms with Gasteiger partial charge in [-0.2, -0.15) is 0 Å². The van der Waals surface area contributed by atoms with Crippen LogP contribution in [0.3, 0.4) is 0 Å². The normalized spacial score (nSPS) is 14.7. The van der Waals surface area contributed by atoms with Gasteiger partial charge in [0.25, 0.3) is 11.5 Å². The molecule has 2 bridgehead atoms. The Morgan fingerprint density at radius 3 is 2.62 bits per heavy atom. The molecule has 1 aliphatic rings. The molecule has 2 heterocycles. The molecule has 0 spiro atoms. The molecule has 37 heavy (non-hydrogen) atoms. The molecule has 10 heteroatoms. The number of nitrogens with zero attached hydrogens (tertiary/aromatic N) is 2. The van der Waals surface area contributed by atoms with Gasteiger partial charge in [-0.25, -0.2) is 4.98 Å². The summed E-state index contributed by atoms with van der Waals surface area (Å²) < 4.78 is 1.68. The number of carbonyl (C=O) groups is 1. The Morgan fingerprint density at radius 1 is 1.14 bits per heavy atom. The lowest BCUT2D eigenvalue weighted by Crippen LogP contribution is -2.38. The third-order valence-electron chi connectivity index (χ3n) is 6.24. The minimum Gasteiger partial charge on any atom is -0.508 e. The van der Waals surface area contributed by atoms with Crippen molar-refractivity contribution in [2.24, 2.45) is 5.73 Å². The van der Waals surface area contributed by atoms with Crippen LogP contribution in [-0.2, 0) is 19.6 Å². The van der Waals surface area contributed by atoms with Gasteiger partial charge in [0, 0.05) is 54.6 Å². The van der Waals surface area contributed by atoms with Crippen LogP contribution in [0.25, 0.3) is 11.3 Å². The first kappa shape index (κ1) is 26.2. The second kappa shape index (κ2) is 11.4. The van der Waals surface area contributed by atoms with Crippen LogP contribution in [0.5, 0.6) is 5.75 Å². The second-order valence-corrected chi connectivity index (χ2v) is 9.47. The fourth-order valence-corrected chi connectivity index (χ4v) is 4.30. The van der Waals surface area contributed by atoms with Crippen LogP contribution in [0.4, 0.5) is 11.5 Å². The number of carbonyl (C=O) groups excluding carboxylic acids is 1. The highest BCUT2D eigenvalue weighted by atomic mass is 16.3. The molecule has 1 aromatic heterocycles. The zero-order valence-corrected chi connectivity index (χ0v) is 21.5. The first-order valence-electron chi connectivity index (χ1n) is 12.6. The number of rotatable bonds is 10. The Kier molecular flexibility index (Phi) is 8.10. The maximum atomic E-state index is 13.4. The Bertz CT molecular complexity index is 1340. The lowest BCUT2D eigenvalue weighted by atomic mass is 10.1. The van der Waals surface area contributed by atoms with E-state index in [0.29, 0.717) is 36.5 Å². The summed E-state index contributed by atoms with van der Waals surface area (Å²) in [6, 6.07) is 11.0. The average molecular weight is 506 g/mol. The summed E-state index contributed by atoms with van der Waals surface area (Å²) in [5, 5.41) is 22.8. The van der Waals surface area contributed by atoms with Gasteiger partial charge in [-0.1, -0.05) is 19.1 Å². The van der Waals surface area contributed by atoms with Crippen molar-refractivity contribution in [3.63, 3.8) is 0 Å².